The monoisotopic (exact) mass is 337 g/mol. The van der Waals surface area contributed by atoms with Crippen LogP contribution in [0.2, 0.25) is 0 Å². The second-order valence-corrected chi connectivity index (χ2v) is 6.79. The molecular formula is C15H16FN3O3S. The summed E-state index contributed by atoms with van der Waals surface area (Å²) in [7, 11) is -2.05. The standard InChI is InChI=1S/C15H16FN3O3S/c1-19(10-12-5-3-4-8-17-12)15(20)13-9-11(16)6-7-14(13)18-23(2,21)22/h3-9,18H,10H2,1-2H3. The molecule has 1 aromatic carbocycles. The Hall–Kier alpha value is -2.48. The van der Waals surface area contributed by atoms with Crippen LogP contribution >= 0.6 is 0 Å². The van der Waals surface area contributed by atoms with Crippen LogP contribution in [0.1, 0.15) is 16.1 Å². The number of aromatic nitrogens is 1. The van der Waals surface area contributed by atoms with Crippen LogP contribution < -0.4 is 4.72 Å². The number of hydrogen-bond donors (Lipinski definition) is 1. The Bertz CT molecular complexity index is 810. The zero-order valence-electron chi connectivity index (χ0n) is 12.7. The van der Waals surface area contributed by atoms with Crippen molar-refractivity contribution in [2.75, 3.05) is 18.0 Å². The fourth-order valence-corrected chi connectivity index (χ4v) is 2.57. The molecule has 1 N–H and O–H groups in total. The minimum absolute atomic E-state index is 0.0340. The van der Waals surface area contributed by atoms with E-state index in [0.717, 1.165) is 18.4 Å². The minimum atomic E-state index is -3.59. The summed E-state index contributed by atoms with van der Waals surface area (Å²) in [6, 6.07) is 8.61. The summed E-state index contributed by atoms with van der Waals surface area (Å²) in [6.07, 6.45) is 2.56. The van der Waals surface area contributed by atoms with Gasteiger partial charge in [0, 0.05) is 13.2 Å². The maximum atomic E-state index is 13.5. The molecule has 0 atom stereocenters. The Labute approximate surface area is 134 Å². The van der Waals surface area contributed by atoms with Crippen LogP contribution in [0.3, 0.4) is 0 Å². The summed E-state index contributed by atoms with van der Waals surface area (Å²) in [4.78, 5) is 18.0. The molecule has 0 spiro atoms. The number of anilines is 1. The predicted molar refractivity (Wildman–Crippen MR) is 84.9 cm³/mol. The molecule has 0 saturated heterocycles. The summed E-state index contributed by atoms with van der Waals surface area (Å²) in [5.41, 5.74) is 0.637. The Morgan fingerprint density at radius 3 is 2.65 bits per heavy atom. The molecule has 2 aromatic rings. The van der Waals surface area contributed by atoms with Gasteiger partial charge in [0.1, 0.15) is 5.82 Å². The number of pyridine rings is 1. The van der Waals surface area contributed by atoms with Crippen LogP contribution in [0.15, 0.2) is 42.6 Å². The first-order valence-corrected chi connectivity index (χ1v) is 8.58. The predicted octanol–water partition coefficient (Wildman–Crippen LogP) is 1.86. The molecule has 0 bridgehead atoms. The van der Waals surface area contributed by atoms with Gasteiger partial charge in [-0.1, -0.05) is 6.07 Å². The molecule has 0 aliphatic carbocycles. The van der Waals surface area contributed by atoms with E-state index in [1.54, 1.807) is 24.4 Å². The Balaban J connectivity index is 2.29. The number of amides is 1. The first kappa shape index (κ1) is 16.9. The molecule has 0 radical (unpaired) electrons. The van der Waals surface area contributed by atoms with E-state index in [2.05, 4.69) is 9.71 Å². The van der Waals surface area contributed by atoms with Gasteiger partial charge in [-0.2, -0.15) is 0 Å². The Morgan fingerprint density at radius 1 is 1.30 bits per heavy atom. The highest BCUT2D eigenvalue weighted by Crippen LogP contribution is 2.20. The summed E-state index contributed by atoms with van der Waals surface area (Å²) in [5.74, 6) is -1.14. The molecule has 1 amide bonds. The van der Waals surface area contributed by atoms with Crippen LogP contribution in [0.4, 0.5) is 10.1 Å². The topological polar surface area (TPSA) is 79.4 Å². The third kappa shape index (κ3) is 4.75. The van der Waals surface area contributed by atoms with Crippen molar-refractivity contribution in [3.05, 3.63) is 59.7 Å². The van der Waals surface area contributed by atoms with E-state index in [4.69, 9.17) is 0 Å². The number of carbonyl (C=O) groups is 1. The lowest BCUT2D eigenvalue weighted by Gasteiger charge is -2.19. The SMILES string of the molecule is CN(Cc1ccccn1)C(=O)c1cc(F)ccc1NS(C)(=O)=O. The van der Waals surface area contributed by atoms with Crippen molar-refractivity contribution in [2.45, 2.75) is 6.54 Å². The summed E-state index contributed by atoms with van der Waals surface area (Å²) in [5, 5.41) is 0. The molecule has 23 heavy (non-hydrogen) atoms. The van der Waals surface area contributed by atoms with E-state index >= 15 is 0 Å². The maximum Gasteiger partial charge on any atom is 0.256 e. The largest absolute Gasteiger partial charge is 0.336 e. The number of benzene rings is 1. The average Bonchev–Trinajstić information content (AvgIpc) is 2.48. The Morgan fingerprint density at radius 2 is 2.04 bits per heavy atom. The molecule has 2 rings (SSSR count). The van der Waals surface area contributed by atoms with Crippen molar-refractivity contribution in [3.8, 4) is 0 Å². The Kier molecular flexibility index (Phi) is 4.95. The lowest BCUT2D eigenvalue weighted by atomic mass is 10.1. The zero-order valence-corrected chi connectivity index (χ0v) is 13.5. The van der Waals surface area contributed by atoms with Gasteiger partial charge in [0.2, 0.25) is 10.0 Å². The van der Waals surface area contributed by atoms with Gasteiger partial charge in [0.25, 0.3) is 5.91 Å². The molecular weight excluding hydrogens is 321 g/mol. The van der Waals surface area contributed by atoms with Gasteiger partial charge >= 0.3 is 0 Å². The molecule has 6 nitrogen and oxygen atoms in total. The third-order valence-electron chi connectivity index (χ3n) is 2.98. The van der Waals surface area contributed by atoms with E-state index in [9.17, 15) is 17.6 Å². The number of hydrogen-bond acceptors (Lipinski definition) is 4. The third-order valence-corrected chi connectivity index (χ3v) is 3.57. The average molecular weight is 337 g/mol. The van der Waals surface area contributed by atoms with E-state index in [1.165, 1.54) is 18.0 Å². The highest BCUT2D eigenvalue weighted by Gasteiger charge is 2.19. The smallest absolute Gasteiger partial charge is 0.256 e. The van der Waals surface area contributed by atoms with Crippen LogP contribution in [0.5, 0.6) is 0 Å². The summed E-state index contributed by atoms with van der Waals surface area (Å²) >= 11 is 0. The fourth-order valence-electron chi connectivity index (χ4n) is 1.99. The first-order valence-electron chi connectivity index (χ1n) is 6.69. The summed E-state index contributed by atoms with van der Waals surface area (Å²) in [6.45, 7) is 0.217. The van der Waals surface area contributed by atoms with E-state index < -0.39 is 21.7 Å². The lowest BCUT2D eigenvalue weighted by molar-refractivity contribution is 0.0784. The van der Waals surface area contributed by atoms with Crippen molar-refractivity contribution < 1.29 is 17.6 Å². The number of sulfonamides is 1. The highest BCUT2D eigenvalue weighted by molar-refractivity contribution is 7.92. The van der Waals surface area contributed by atoms with E-state index in [0.29, 0.717) is 5.69 Å². The lowest BCUT2D eigenvalue weighted by Crippen LogP contribution is -2.28. The fraction of sp³-hybridized carbons (Fsp3) is 0.200. The van der Waals surface area contributed by atoms with Gasteiger partial charge in [-0.05, 0) is 30.3 Å². The van der Waals surface area contributed by atoms with Crippen LogP contribution in [0, 0.1) is 5.82 Å². The minimum Gasteiger partial charge on any atom is -0.336 e. The molecule has 1 heterocycles. The molecule has 0 unspecified atom stereocenters. The second kappa shape index (κ2) is 6.74. The number of carbonyl (C=O) groups excluding carboxylic acids is 1. The number of rotatable bonds is 5. The molecule has 0 aliphatic rings. The van der Waals surface area contributed by atoms with Crippen molar-refractivity contribution in [1.82, 2.24) is 9.88 Å². The van der Waals surface area contributed by atoms with Crippen LogP contribution in [-0.2, 0) is 16.6 Å². The van der Waals surface area contributed by atoms with Gasteiger partial charge < -0.3 is 4.90 Å². The highest BCUT2D eigenvalue weighted by atomic mass is 32.2. The van der Waals surface area contributed by atoms with Gasteiger partial charge in [-0.3, -0.25) is 14.5 Å². The first-order chi connectivity index (χ1) is 10.8. The van der Waals surface area contributed by atoms with Gasteiger partial charge in [-0.25, -0.2) is 12.8 Å². The second-order valence-electron chi connectivity index (χ2n) is 5.05. The summed E-state index contributed by atoms with van der Waals surface area (Å²) < 4.78 is 38.5. The van der Waals surface area contributed by atoms with Crippen molar-refractivity contribution in [1.29, 1.82) is 0 Å². The van der Waals surface area contributed by atoms with Gasteiger partial charge in [0.15, 0.2) is 0 Å². The quantitative estimate of drug-likeness (QED) is 0.903. The zero-order chi connectivity index (χ0) is 17.0. The molecule has 8 heteroatoms. The van der Waals surface area contributed by atoms with Crippen LogP contribution in [0.25, 0.3) is 0 Å². The number of nitrogens with zero attached hydrogens (tertiary/aromatic N) is 2. The van der Waals surface area contributed by atoms with Crippen molar-refractivity contribution in [3.63, 3.8) is 0 Å². The molecule has 1 aromatic heterocycles. The molecule has 0 fully saturated rings. The van der Waals surface area contributed by atoms with E-state index in [-0.39, 0.29) is 17.8 Å². The molecule has 0 saturated carbocycles. The normalized spacial score (nSPS) is 11.1. The van der Waals surface area contributed by atoms with Gasteiger partial charge in [0.05, 0.1) is 29.7 Å². The molecule has 0 aliphatic heterocycles. The maximum absolute atomic E-state index is 13.5. The van der Waals surface area contributed by atoms with Gasteiger partial charge in [-0.15, -0.1) is 0 Å². The van der Waals surface area contributed by atoms with Crippen molar-refractivity contribution in [2.24, 2.45) is 0 Å². The molecule has 122 valence electrons. The number of halogens is 1. The van der Waals surface area contributed by atoms with E-state index in [1.807, 2.05) is 0 Å². The number of nitrogens with one attached hydrogen (secondary N) is 1. The van der Waals surface area contributed by atoms with Crippen molar-refractivity contribution >= 4 is 21.6 Å². The van der Waals surface area contributed by atoms with Crippen LogP contribution in [-0.4, -0.2) is 37.5 Å².